The van der Waals surface area contributed by atoms with E-state index in [9.17, 15) is 9.59 Å². The summed E-state index contributed by atoms with van der Waals surface area (Å²) in [4.78, 5) is 29.6. The molecule has 0 bridgehead atoms. The number of carbonyl (C=O) groups is 2. The Hall–Kier alpha value is -2.50. The Morgan fingerprint density at radius 1 is 1.06 bits per heavy atom. The van der Waals surface area contributed by atoms with Gasteiger partial charge in [-0.25, -0.2) is 0 Å². The molecule has 2 saturated heterocycles. The van der Waals surface area contributed by atoms with E-state index in [1.165, 1.54) is 12.8 Å². The highest BCUT2D eigenvalue weighted by Gasteiger charge is 2.30. The number of rotatable bonds is 5. The molecule has 3 heterocycles. The molecule has 1 unspecified atom stereocenters. The minimum Gasteiger partial charge on any atom is -0.493 e. The lowest BCUT2D eigenvalue weighted by atomic mass is 9.95. The first-order chi connectivity index (χ1) is 15.5. The smallest absolute Gasteiger partial charge is 0.246 e. The Morgan fingerprint density at radius 2 is 1.78 bits per heavy atom. The van der Waals surface area contributed by atoms with Gasteiger partial charge >= 0.3 is 0 Å². The van der Waals surface area contributed by atoms with E-state index in [0.717, 1.165) is 67.8 Å². The minimum absolute atomic E-state index is 0.0112. The molecule has 0 radical (unpaired) electrons. The summed E-state index contributed by atoms with van der Waals surface area (Å²) in [5.41, 5.74) is 2.01. The highest BCUT2D eigenvalue weighted by molar-refractivity contribution is 5.92. The van der Waals surface area contributed by atoms with Crippen LogP contribution in [0.5, 0.6) is 11.5 Å². The summed E-state index contributed by atoms with van der Waals surface area (Å²) in [6.07, 6.45) is 10.7. The van der Waals surface area contributed by atoms with Crippen molar-refractivity contribution in [3.8, 4) is 11.5 Å². The predicted molar refractivity (Wildman–Crippen MR) is 125 cm³/mol. The van der Waals surface area contributed by atoms with Crippen LogP contribution in [0.3, 0.4) is 0 Å². The Balaban J connectivity index is 1.35. The standard InChI is InChI=1S/C26H36N2O4/c1-3-31-23-18-22-16-19(2)32-24(22)17-21(23)8-9-25(29)27-14-10-20(11-15-27)26(30)28-12-6-4-5-7-13-28/h8-9,17-20H,3-7,10-16H2,1-2H3/b9-8+. The summed E-state index contributed by atoms with van der Waals surface area (Å²) in [5.74, 6) is 2.00. The maximum atomic E-state index is 12.9. The van der Waals surface area contributed by atoms with Gasteiger partial charge in [0.1, 0.15) is 17.6 Å². The second kappa shape index (κ2) is 10.4. The van der Waals surface area contributed by atoms with Crippen LogP contribution in [0.15, 0.2) is 18.2 Å². The van der Waals surface area contributed by atoms with Crippen LogP contribution in [-0.4, -0.2) is 60.5 Å². The number of nitrogens with zero attached hydrogens (tertiary/aromatic N) is 2. The van der Waals surface area contributed by atoms with Gasteiger partial charge in [0.05, 0.1) is 6.61 Å². The van der Waals surface area contributed by atoms with Crippen molar-refractivity contribution in [1.82, 2.24) is 9.80 Å². The Bertz CT molecular complexity index is 850. The lowest BCUT2D eigenvalue weighted by molar-refractivity contribution is -0.139. The third-order valence-electron chi connectivity index (χ3n) is 6.81. The maximum Gasteiger partial charge on any atom is 0.246 e. The second-order valence-electron chi connectivity index (χ2n) is 9.24. The fourth-order valence-corrected chi connectivity index (χ4v) is 5.03. The number of hydrogen-bond donors (Lipinski definition) is 0. The van der Waals surface area contributed by atoms with Gasteiger partial charge in [-0.3, -0.25) is 9.59 Å². The molecule has 1 atom stereocenters. The maximum absolute atomic E-state index is 12.9. The third kappa shape index (κ3) is 5.28. The molecule has 0 N–H and O–H groups in total. The zero-order valence-corrected chi connectivity index (χ0v) is 19.5. The Kier molecular flexibility index (Phi) is 7.38. The van der Waals surface area contributed by atoms with E-state index in [1.54, 1.807) is 6.08 Å². The predicted octanol–water partition coefficient (Wildman–Crippen LogP) is 4.06. The Morgan fingerprint density at radius 3 is 2.47 bits per heavy atom. The van der Waals surface area contributed by atoms with Crippen LogP contribution in [0.2, 0.25) is 0 Å². The quantitative estimate of drug-likeness (QED) is 0.648. The lowest BCUT2D eigenvalue weighted by Gasteiger charge is -2.33. The van der Waals surface area contributed by atoms with E-state index >= 15 is 0 Å². The number of likely N-dealkylation sites (tertiary alicyclic amines) is 2. The molecule has 0 spiro atoms. The third-order valence-corrected chi connectivity index (χ3v) is 6.81. The van der Waals surface area contributed by atoms with Gasteiger partial charge in [-0.2, -0.15) is 0 Å². The van der Waals surface area contributed by atoms with Crippen LogP contribution < -0.4 is 9.47 Å². The van der Waals surface area contributed by atoms with Crippen LogP contribution in [0, 0.1) is 5.92 Å². The van der Waals surface area contributed by atoms with Gasteiger partial charge in [0.25, 0.3) is 0 Å². The van der Waals surface area contributed by atoms with Crippen molar-refractivity contribution in [3.63, 3.8) is 0 Å². The number of hydrogen-bond acceptors (Lipinski definition) is 4. The van der Waals surface area contributed by atoms with Crippen molar-refractivity contribution < 1.29 is 19.1 Å². The van der Waals surface area contributed by atoms with Crippen molar-refractivity contribution in [1.29, 1.82) is 0 Å². The monoisotopic (exact) mass is 440 g/mol. The van der Waals surface area contributed by atoms with Crippen molar-refractivity contribution in [2.75, 3.05) is 32.8 Å². The summed E-state index contributed by atoms with van der Waals surface area (Å²) in [6.45, 7) is 7.65. The van der Waals surface area contributed by atoms with Crippen LogP contribution in [0.1, 0.15) is 63.5 Å². The topological polar surface area (TPSA) is 59.1 Å². The average Bonchev–Trinajstić information content (AvgIpc) is 2.98. The fourth-order valence-electron chi connectivity index (χ4n) is 5.03. The molecule has 4 rings (SSSR count). The number of piperidine rings is 1. The molecule has 6 nitrogen and oxygen atoms in total. The molecule has 0 saturated carbocycles. The summed E-state index contributed by atoms with van der Waals surface area (Å²) in [7, 11) is 0. The van der Waals surface area contributed by atoms with Gasteiger partial charge in [-0.05, 0) is 57.7 Å². The van der Waals surface area contributed by atoms with Gasteiger partial charge in [-0.1, -0.05) is 12.8 Å². The first-order valence-electron chi connectivity index (χ1n) is 12.3. The van der Waals surface area contributed by atoms with Gasteiger partial charge < -0.3 is 19.3 Å². The summed E-state index contributed by atoms with van der Waals surface area (Å²) < 4.78 is 11.7. The van der Waals surface area contributed by atoms with Crippen LogP contribution in [-0.2, 0) is 16.0 Å². The van der Waals surface area contributed by atoms with Gasteiger partial charge in [0.2, 0.25) is 11.8 Å². The summed E-state index contributed by atoms with van der Waals surface area (Å²) >= 11 is 0. The van der Waals surface area contributed by atoms with Crippen molar-refractivity contribution in [2.24, 2.45) is 5.92 Å². The molecule has 0 aliphatic carbocycles. The van der Waals surface area contributed by atoms with E-state index in [4.69, 9.17) is 9.47 Å². The van der Waals surface area contributed by atoms with Crippen LogP contribution >= 0.6 is 0 Å². The molecular formula is C26H36N2O4. The summed E-state index contributed by atoms with van der Waals surface area (Å²) in [5, 5.41) is 0. The van der Waals surface area contributed by atoms with Crippen molar-refractivity contribution in [3.05, 3.63) is 29.3 Å². The molecule has 3 aliphatic heterocycles. The normalized spacial score (nSPS) is 21.9. The molecule has 6 heteroatoms. The second-order valence-corrected chi connectivity index (χ2v) is 9.24. The minimum atomic E-state index is -0.0112. The van der Waals surface area contributed by atoms with Crippen molar-refractivity contribution in [2.45, 2.75) is 64.9 Å². The largest absolute Gasteiger partial charge is 0.493 e. The zero-order chi connectivity index (χ0) is 22.5. The number of ether oxygens (including phenoxy) is 2. The van der Waals surface area contributed by atoms with Crippen LogP contribution in [0.4, 0.5) is 0 Å². The van der Waals surface area contributed by atoms with Crippen LogP contribution in [0.25, 0.3) is 6.08 Å². The molecule has 0 aromatic heterocycles. The van der Waals surface area contributed by atoms with E-state index in [1.807, 2.05) is 30.0 Å². The molecule has 2 amide bonds. The lowest BCUT2D eigenvalue weighted by Crippen LogP contribution is -2.44. The highest BCUT2D eigenvalue weighted by Crippen LogP contribution is 2.35. The fraction of sp³-hybridized carbons (Fsp3) is 0.615. The van der Waals surface area contributed by atoms with E-state index in [-0.39, 0.29) is 17.9 Å². The molecule has 174 valence electrons. The summed E-state index contributed by atoms with van der Waals surface area (Å²) in [6, 6.07) is 4.01. The first-order valence-corrected chi connectivity index (χ1v) is 12.3. The molecule has 32 heavy (non-hydrogen) atoms. The van der Waals surface area contributed by atoms with Gasteiger partial charge in [0.15, 0.2) is 0 Å². The first kappa shape index (κ1) is 22.7. The van der Waals surface area contributed by atoms with E-state index in [2.05, 4.69) is 11.8 Å². The molecular weight excluding hydrogens is 404 g/mol. The number of fused-ring (bicyclic) bond motifs is 1. The average molecular weight is 441 g/mol. The molecule has 3 aliphatic rings. The molecule has 2 fully saturated rings. The van der Waals surface area contributed by atoms with E-state index < -0.39 is 0 Å². The number of amides is 2. The van der Waals surface area contributed by atoms with Crippen molar-refractivity contribution >= 4 is 17.9 Å². The Labute approximate surface area is 191 Å². The molecule has 1 aromatic rings. The highest BCUT2D eigenvalue weighted by atomic mass is 16.5. The molecule has 1 aromatic carbocycles. The van der Waals surface area contributed by atoms with E-state index in [0.29, 0.717) is 25.6 Å². The number of benzene rings is 1. The number of carbonyl (C=O) groups excluding carboxylic acids is 2. The zero-order valence-electron chi connectivity index (χ0n) is 19.5. The van der Waals surface area contributed by atoms with Gasteiger partial charge in [0, 0.05) is 55.7 Å². The van der Waals surface area contributed by atoms with Gasteiger partial charge in [-0.15, -0.1) is 0 Å². The SMILES string of the molecule is CCOc1cc2c(cc1/C=C/C(=O)N1CCC(C(=O)N3CCCCCC3)CC1)OC(C)C2.